The van der Waals surface area contributed by atoms with Crippen LogP contribution in [0.3, 0.4) is 0 Å². The fraction of sp³-hybridized carbons (Fsp3) is 0.381. The Morgan fingerprint density at radius 1 is 0.967 bits per heavy atom. The largest absolute Gasteiger partial charge is 0.497 e. The molecule has 0 aromatic heterocycles. The van der Waals surface area contributed by atoms with Gasteiger partial charge in [0.05, 0.1) is 19.1 Å². The molecule has 1 aliphatic heterocycles. The zero-order valence-electron chi connectivity index (χ0n) is 17.1. The summed E-state index contributed by atoms with van der Waals surface area (Å²) in [6, 6.07) is 13.5. The van der Waals surface area contributed by atoms with Crippen LogP contribution in [0.5, 0.6) is 11.5 Å². The Balaban J connectivity index is 1.46. The molecule has 2 N–H and O–H groups in total. The average Bonchev–Trinajstić information content (AvgIpc) is 2.78. The van der Waals surface area contributed by atoms with Crippen molar-refractivity contribution in [2.45, 2.75) is 30.3 Å². The van der Waals surface area contributed by atoms with Crippen molar-refractivity contribution in [2.24, 2.45) is 0 Å². The van der Waals surface area contributed by atoms with Gasteiger partial charge in [-0.05, 0) is 54.8 Å². The summed E-state index contributed by atoms with van der Waals surface area (Å²) >= 11 is 0. The number of carbonyl (C=O) groups is 1. The molecule has 2 aromatic carbocycles. The van der Waals surface area contributed by atoms with Crippen molar-refractivity contribution in [1.82, 2.24) is 14.9 Å². The van der Waals surface area contributed by atoms with Gasteiger partial charge in [0, 0.05) is 25.7 Å². The lowest BCUT2D eigenvalue weighted by Crippen LogP contribution is -2.48. The van der Waals surface area contributed by atoms with Gasteiger partial charge in [-0.3, -0.25) is 0 Å². The number of amides is 2. The maximum absolute atomic E-state index is 12.8. The van der Waals surface area contributed by atoms with E-state index in [0.717, 1.165) is 11.3 Å². The summed E-state index contributed by atoms with van der Waals surface area (Å²) in [6.45, 7) is 1.12. The van der Waals surface area contributed by atoms with E-state index in [2.05, 4.69) is 10.6 Å². The highest BCUT2D eigenvalue weighted by molar-refractivity contribution is 7.89. The van der Waals surface area contributed by atoms with Gasteiger partial charge in [0.25, 0.3) is 0 Å². The first-order valence-electron chi connectivity index (χ1n) is 9.74. The van der Waals surface area contributed by atoms with Crippen molar-refractivity contribution < 1.29 is 22.7 Å². The van der Waals surface area contributed by atoms with Crippen molar-refractivity contribution >= 4 is 16.1 Å². The summed E-state index contributed by atoms with van der Waals surface area (Å²) in [7, 11) is -0.410. The second kappa shape index (κ2) is 9.82. The molecule has 0 unspecified atom stereocenters. The van der Waals surface area contributed by atoms with Crippen LogP contribution in [-0.2, 0) is 16.6 Å². The lowest BCUT2D eigenvalue weighted by molar-refractivity contribution is 0.227. The summed E-state index contributed by atoms with van der Waals surface area (Å²) in [4.78, 5) is 12.4. The molecule has 0 atom stereocenters. The van der Waals surface area contributed by atoms with Crippen LogP contribution < -0.4 is 20.1 Å². The van der Waals surface area contributed by atoms with E-state index in [-0.39, 0.29) is 17.0 Å². The van der Waals surface area contributed by atoms with Gasteiger partial charge in [-0.15, -0.1) is 0 Å². The van der Waals surface area contributed by atoms with Crippen molar-refractivity contribution in [2.75, 3.05) is 27.3 Å². The lowest BCUT2D eigenvalue weighted by atomic mass is 10.1. The maximum atomic E-state index is 12.8. The summed E-state index contributed by atoms with van der Waals surface area (Å²) in [5.74, 6) is 1.37. The van der Waals surface area contributed by atoms with Crippen LogP contribution in [0, 0.1) is 0 Å². The van der Waals surface area contributed by atoms with Crippen molar-refractivity contribution in [3.8, 4) is 11.5 Å². The lowest BCUT2D eigenvalue weighted by Gasteiger charge is -2.31. The molecule has 1 fully saturated rings. The van der Waals surface area contributed by atoms with E-state index in [4.69, 9.17) is 9.47 Å². The van der Waals surface area contributed by atoms with Gasteiger partial charge < -0.3 is 20.1 Å². The molecule has 2 aromatic rings. The maximum Gasteiger partial charge on any atom is 0.315 e. The molecule has 1 saturated heterocycles. The number of methoxy groups -OCH3 is 2. The molecule has 1 aliphatic rings. The van der Waals surface area contributed by atoms with Crippen LogP contribution in [0.1, 0.15) is 18.4 Å². The Morgan fingerprint density at radius 3 is 2.03 bits per heavy atom. The summed E-state index contributed by atoms with van der Waals surface area (Å²) < 4.78 is 37.2. The zero-order valence-corrected chi connectivity index (χ0v) is 17.9. The Kier molecular flexibility index (Phi) is 7.17. The van der Waals surface area contributed by atoms with Gasteiger partial charge in [-0.25, -0.2) is 13.2 Å². The Labute approximate surface area is 177 Å². The summed E-state index contributed by atoms with van der Waals surface area (Å²) in [6.07, 6.45) is 1.12. The SMILES string of the molecule is COc1ccc(CNC(=O)NC2CCN(S(=O)(=O)c3ccc(OC)cc3)CC2)cc1. The number of sulfonamides is 1. The topological polar surface area (TPSA) is 97.0 Å². The number of nitrogens with one attached hydrogen (secondary N) is 2. The first kappa shape index (κ1) is 21.9. The van der Waals surface area contributed by atoms with E-state index in [1.165, 1.54) is 11.4 Å². The predicted molar refractivity (Wildman–Crippen MR) is 113 cm³/mol. The second-order valence-electron chi connectivity index (χ2n) is 7.03. The number of urea groups is 1. The number of hydrogen-bond donors (Lipinski definition) is 2. The van der Waals surface area contributed by atoms with Crippen LogP contribution in [0.25, 0.3) is 0 Å². The van der Waals surface area contributed by atoms with Crippen LogP contribution in [0.2, 0.25) is 0 Å². The molecule has 162 valence electrons. The number of nitrogens with zero attached hydrogens (tertiary/aromatic N) is 1. The molecule has 8 nitrogen and oxygen atoms in total. The van der Waals surface area contributed by atoms with Crippen LogP contribution in [-0.4, -0.2) is 52.1 Å². The average molecular weight is 434 g/mol. The smallest absolute Gasteiger partial charge is 0.315 e. The molecule has 0 aliphatic carbocycles. The van der Waals surface area contributed by atoms with E-state index >= 15 is 0 Å². The van der Waals surface area contributed by atoms with Gasteiger partial charge in [0.2, 0.25) is 10.0 Å². The zero-order chi connectivity index (χ0) is 21.6. The molecule has 1 heterocycles. The Morgan fingerprint density at radius 2 is 1.50 bits per heavy atom. The summed E-state index contributed by atoms with van der Waals surface area (Å²) in [5, 5.41) is 5.75. The first-order chi connectivity index (χ1) is 14.4. The minimum atomic E-state index is -3.55. The van der Waals surface area contributed by atoms with Gasteiger partial charge in [-0.1, -0.05) is 12.1 Å². The quantitative estimate of drug-likeness (QED) is 0.699. The fourth-order valence-corrected chi connectivity index (χ4v) is 4.77. The highest BCUT2D eigenvalue weighted by Crippen LogP contribution is 2.22. The number of rotatable bonds is 7. The highest BCUT2D eigenvalue weighted by Gasteiger charge is 2.29. The molecule has 2 amide bonds. The van der Waals surface area contributed by atoms with E-state index in [1.807, 2.05) is 24.3 Å². The first-order valence-corrected chi connectivity index (χ1v) is 11.2. The van der Waals surface area contributed by atoms with Crippen LogP contribution >= 0.6 is 0 Å². The molecule has 30 heavy (non-hydrogen) atoms. The minimum absolute atomic E-state index is 0.0665. The van der Waals surface area contributed by atoms with Crippen molar-refractivity contribution in [1.29, 1.82) is 0 Å². The molecule has 0 radical (unpaired) electrons. The van der Waals surface area contributed by atoms with Gasteiger partial charge in [-0.2, -0.15) is 4.31 Å². The standard InChI is InChI=1S/C21H27N3O5S/c1-28-18-5-3-16(4-6-18)15-22-21(25)23-17-11-13-24(14-12-17)30(26,27)20-9-7-19(29-2)8-10-20/h3-10,17H,11-15H2,1-2H3,(H2,22,23,25). The van der Waals surface area contributed by atoms with E-state index in [9.17, 15) is 13.2 Å². The van der Waals surface area contributed by atoms with Gasteiger partial charge in [0.15, 0.2) is 0 Å². The third-order valence-corrected chi connectivity index (χ3v) is 7.01. The van der Waals surface area contributed by atoms with Crippen LogP contribution in [0.4, 0.5) is 4.79 Å². The molecule has 0 saturated carbocycles. The summed E-state index contributed by atoms with van der Waals surface area (Å²) in [5.41, 5.74) is 0.964. The number of ether oxygens (including phenoxy) is 2. The van der Waals surface area contributed by atoms with E-state index in [0.29, 0.717) is 38.2 Å². The molecule has 0 spiro atoms. The number of benzene rings is 2. The number of hydrogen-bond acceptors (Lipinski definition) is 5. The normalized spacial score (nSPS) is 15.4. The minimum Gasteiger partial charge on any atom is -0.497 e. The molecule has 9 heteroatoms. The van der Waals surface area contributed by atoms with E-state index in [1.54, 1.807) is 31.4 Å². The molecule has 0 bridgehead atoms. The van der Waals surface area contributed by atoms with Crippen molar-refractivity contribution in [3.63, 3.8) is 0 Å². The fourth-order valence-electron chi connectivity index (χ4n) is 3.30. The molecular formula is C21H27N3O5S. The third-order valence-electron chi connectivity index (χ3n) is 5.10. The van der Waals surface area contributed by atoms with Crippen LogP contribution in [0.15, 0.2) is 53.4 Å². The number of piperidine rings is 1. The monoisotopic (exact) mass is 433 g/mol. The predicted octanol–water partition coefficient (Wildman–Crippen LogP) is 2.36. The Bertz CT molecular complexity index is 938. The van der Waals surface area contributed by atoms with Gasteiger partial charge >= 0.3 is 6.03 Å². The third kappa shape index (κ3) is 5.43. The van der Waals surface area contributed by atoms with E-state index < -0.39 is 10.0 Å². The molecular weight excluding hydrogens is 406 g/mol. The Hall–Kier alpha value is -2.78. The number of carbonyl (C=O) groups excluding carboxylic acids is 1. The highest BCUT2D eigenvalue weighted by atomic mass is 32.2. The second-order valence-corrected chi connectivity index (χ2v) is 8.97. The van der Waals surface area contributed by atoms with Crippen molar-refractivity contribution in [3.05, 3.63) is 54.1 Å². The molecule has 3 rings (SSSR count). The van der Waals surface area contributed by atoms with Gasteiger partial charge in [0.1, 0.15) is 11.5 Å².